The van der Waals surface area contributed by atoms with Gasteiger partial charge in [0.05, 0.1) is 16.2 Å². The molecule has 0 bridgehead atoms. The number of nitrogens with zero attached hydrogens (tertiary/aromatic N) is 2. The molecule has 7 heteroatoms. The molecule has 1 N–H and O–H groups in total. The second kappa shape index (κ2) is 8.26. The van der Waals surface area contributed by atoms with Gasteiger partial charge in [-0.3, -0.25) is 19.7 Å². The molecule has 1 heterocycles. The molecular formula is C23H27N3O4. The van der Waals surface area contributed by atoms with Gasteiger partial charge in [-0.2, -0.15) is 0 Å². The zero-order valence-electron chi connectivity index (χ0n) is 17.8. The molecule has 0 aliphatic carbocycles. The first kappa shape index (κ1) is 21.5. The number of anilines is 1. The molecule has 0 spiro atoms. The highest BCUT2D eigenvalue weighted by Crippen LogP contribution is 2.32. The van der Waals surface area contributed by atoms with Crippen molar-refractivity contribution < 1.29 is 14.5 Å². The highest BCUT2D eigenvalue weighted by Gasteiger charge is 2.27. The number of amides is 2. The Hall–Kier alpha value is -3.22. The number of likely N-dealkylation sites (tertiary alicyclic amines) is 1. The SMILES string of the molecule is Cc1cccc(C(=O)N2CCCC2)c1NC(=O)c1ccc(C(C)(C)C)c([N+](=O)[O-])c1. The highest BCUT2D eigenvalue weighted by atomic mass is 16.6. The maximum Gasteiger partial charge on any atom is 0.273 e. The van der Waals surface area contributed by atoms with Gasteiger partial charge in [-0.25, -0.2) is 0 Å². The molecule has 0 unspecified atom stereocenters. The van der Waals surface area contributed by atoms with E-state index in [1.807, 2.05) is 33.8 Å². The Labute approximate surface area is 176 Å². The lowest BCUT2D eigenvalue weighted by molar-refractivity contribution is -0.386. The number of rotatable bonds is 4. The van der Waals surface area contributed by atoms with Gasteiger partial charge in [0.15, 0.2) is 0 Å². The number of carbonyl (C=O) groups is 2. The van der Waals surface area contributed by atoms with Crippen LogP contribution in [0.1, 0.15) is 65.5 Å². The van der Waals surface area contributed by atoms with Crippen LogP contribution in [-0.4, -0.2) is 34.7 Å². The molecule has 7 nitrogen and oxygen atoms in total. The lowest BCUT2D eigenvalue weighted by Gasteiger charge is -2.20. The zero-order valence-corrected chi connectivity index (χ0v) is 17.8. The summed E-state index contributed by atoms with van der Waals surface area (Å²) in [5.74, 6) is -0.594. The Morgan fingerprint density at radius 1 is 1.10 bits per heavy atom. The summed E-state index contributed by atoms with van der Waals surface area (Å²) < 4.78 is 0. The van der Waals surface area contributed by atoms with Crippen molar-refractivity contribution in [1.82, 2.24) is 4.90 Å². The summed E-state index contributed by atoms with van der Waals surface area (Å²) in [7, 11) is 0. The van der Waals surface area contributed by atoms with Gasteiger partial charge in [0.25, 0.3) is 17.5 Å². The van der Waals surface area contributed by atoms with E-state index in [-0.39, 0.29) is 17.2 Å². The molecule has 1 fully saturated rings. The second-order valence-corrected chi connectivity index (χ2v) is 8.69. The van der Waals surface area contributed by atoms with Crippen LogP contribution in [0.2, 0.25) is 0 Å². The van der Waals surface area contributed by atoms with E-state index >= 15 is 0 Å². The van der Waals surface area contributed by atoms with Crippen molar-refractivity contribution in [3.8, 4) is 0 Å². The normalized spacial score (nSPS) is 13.9. The molecule has 2 amide bonds. The monoisotopic (exact) mass is 409 g/mol. The quantitative estimate of drug-likeness (QED) is 0.586. The third-order valence-electron chi connectivity index (χ3n) is 5.40. The first-order chi connectivity index (χ1) is 14.1. The van der Waals surface area contributed by atoms with E-state index in [9.17, 15) is 19.7 Å². The molecule has 0 radical (unpaired) electrons. The predicted molar refractivity (Wildman–Crippen MR) is 116 cm³/mol. The second-order valence-electron chi connectivity index (χ2n) is 8.69. The first-order valence-electron chi connectivity index (χ1n) is 10.1. The van der Waals surface area contributed by atoms with Crippen LogP contribution in [0.5, 0.6) is 0 Å². The Bertz CT molecular complexity index is 1000. The summed E-state index contributed by atoms with van der Waals surface area (Å²) in [5, 5.41) is 14.4. The fourth-order valence-electron chi connectivity index (χ4n) is 3.75. The van der Waals surface area contributed by atoms with Gasteiger partial charge in [0.1, 0.15) is 0 Å². The molecular weight excluding hydrogens is 382 g/mol. The molecule has 3 rings (SSSR count). The maximum atomic E-state index is 12.9. The van der Waals surface area contributed by atoms with Crippen LogP contribution < -0.4 is 5.32 Å². The molecule has 0 atom stereocenters. The standard InChI is InChI=1S/C23H27N3O4/c1-15-8-7-9-17(22(28)25-12-5-6-13-25)20(15)24-21(27)16-10-11-18(23(2,3)4)19(14-16)26(29)30/h7-11,14H,5-6,12-13H2,1-4H3,(H,24,27). The van der Waals surface area contributed by atoms with Gasteiger partial charge in [-0.05, 0) is 42.9 Å². The molecule has 0 aromatic heterocycles. The minimum Gasteiger partial charge on any atom is -0.339 e. The van der Waals surface area contributed by atoms with Crippen molar-refractivity contribution in [2.45, 2.75) is 46.0 Å². The van der Waals surface area contributed by atoms with Gasteiger partial charge in [0.2, 0.25) is 0 Å². The Balaban J connectivity index is 1.94. The van der Waals surface area contributed by atoms with Gasteiger partial charge in [0, 0.05) is 30.3 Å². The number of carbonyl (C=O) groups excluding carboxylic acids is 2. The Morgan fingerprint density at radius 2 is 1.77 bits per heavy atom. The molecule has 1 aliphatic heterocycles. The largest absolute Gasteiger partial charge is 0.339 e. The van der Waals surface area contributed by atoms with Crippen LogP contribution >= 0.6 is 0 Å². The highest BCUT2D eigenvalue weighted by molar-refractivity contribution is 6.10. The maximum absolute atomic E-state index is 12.9. The summed E-state index contributed by atoms with van der Waals surface area (Å²) >= 11 is 0. The summed E-state index contributed by atoms with van der Waals surface area (Å²) in [6.07, 6.45) is 1.95. The number of nitro groups is 1. The number of benzene rings is 2. The van der Waals surface area contributed by atoms with Gasteiger partial charge in [-0.1, -0.05) is 39.0 Å². The lowest BCUT2D eigenvalue weighted by atomic mass is 9.85. The van der Waals surface area contributed by atoms with E-state index in [0.29, 0.717) is 29.9 Å². The van der Waals surface area contributed by atoms with Crippen LogP contribution in [0.3, 0.4) is 0 Å². The fourth-order valence-corrected chi connectivity index (χ4v) is 3.75. The third-order valence-corrected chi connectivity index (χ3v) is 5.40. The smallest absolute Gasteiger partial charge is 0.273 e. The number of hydrogen-bond acceptors (Lipinski definition) is 4. The number of nitrogens with one attached hydrogen (secondary N) is 1. The van der Waals surface area contributed by atoms with Crippen molar-refractivity contribution in [1.29, 1.82) is 0 Å². The molecule has 1 aliphatic rings. The number of aryl methyl sites for hydroxylation is 1. The van der Waals surface area contributed by atoms with E-state index in [0.717, 1.165) is 18.4 Å². The topological polar surface area (TPSA) is 92.6 Å². The average Bonchev–Trinajstić information content (AvgIpc) is 3.22. The number of para-hydroxylation sites is 1. The molecule has 1 saturated heterocycles. The van der Waals surface area contributed by atoms with Crippen molar-refractivity contribution >= 4 is 23.2 Å². The van der Waals surface area contributed by atoms with Crippen molar-refractivity contribution in [3.05, 3.63) is 68.8 Å². The van der Waals surface area contributed by atoms with Crippen LogP contribution in [0, 0.1) is 17.0 Å². The van der Waals surface area contributed by atoms with Crippen molar-refractivity contribution in [2.75, 3.05) is 18.4 Å². The number of hydrogen-bond donors (Lipinski definition) is 1. The van der Waals surface area contributed by atoms with E-state index in [2.05, 4.69) is 5.32 Å². The Morgan fingerprint density at radius 3 is 2.37 bits per heavy atom. The zero-order chi connectivity index (χ0) is 22.1. The molecule has 158 valence electrons. The molecule has 0 saturated carbocycles. The minimum atomic E-state index is -0.483. The fraction of sp³-hybridized carbons (Fsp3) is 0.391. The van der Waals surface area contributed by atoms with Crippen LogP contribution in [-0.2, 0) is 5.41 Å². The Kier molecular flexibility index (Phi) is 5.92. The van der Waals surface area contributed by atoms with Crippen LogP contribution in [0.25, 0.3) is 0 Å². The minimum absolute atomic E-state index is 0.0895. The molecule has 2 aromatic carbocycles. The number of nitro benzene ring substituents is 1. The molecule has 2 aromatic rings. The summed E-state index contributed by atoms with van der Waals surface area (Å²) in [4.78, 5) is 38.8. The van der Waals surface area contributed by atoms with Gasteiger partial charge < -0.3 is 10.2 Å². The van der Waals surface area contributed by atoms with Crippen LogP contribution in [0.15, 0.2) is 36.4 Å². The lowest BCUT2D eigenvalue weighted by Crippen LogP contribution is -2.29. The third kappa shape index (κ3) is 4.35. The average molecular weight is 409 g/mol. The van der Waals surface area contributed by atoms with E-state index in [1.54, 1.807) is 29.2 Å². The van der Waals surface area contributed by atoms with Gasteiger partial charge in [-0.15, -0.1) is 0 Å². The predicted octanol–water partition coefficient (Wildman–Crippen LogP) is 4.69. The summed E-state index contributed by atoms with van der Waals surface area (Å²) in [6, 6.07) is 9.83. The summed E-state index contributed by atoms with van der Waals surface area (Å²) in [5.41, 5.74) is 1.86. The van der Waals surface area contributed by atoms with E-state index in [4.69, 9.17) is 0 Å². The van der Waals surface area contributed by atoms with Crippen molar-refractivity contribution in [2.24, 2.45) is 0 Å². The van der Waals surface area contributed by atoms with Crippen molar-refractivity contribution in [3.63, 3.8) is 0 Å². The van der Waals surface area contributed by atoms with Gasteiger partial charge >= 0.3 is 0 Å². The van der Waals surface area contributed by atoms with E-state index < -0.39 is 16.2 Å². The first-order valence-corrected chi connectivity index (χ1v) is 10.1. The van der Waals surface area contributed by atoms with Crippen LogP contribution in [0.4, 0.5) is 11.4 Å². The summed E-state index contributed by atoms with van der Waals surface area (Å²) in [6.45, 7) is 8.90. The molecule has 30 heavy (non-hydrogen) atoms. The van der Waals surface area contributed by atoms with E-state index in [1.165, 1.54) is 6.07 Å².